The van der Waals surface area contributed by atoms with Crippen molar-refractivity contribution in [3.8, 4) is 11.4 Å². The Morgan fingerprint density at radius 1 is 1.03 bits per heavy atom. The van der Waals surface area contributed by atoms with Gasteiger partial charge in [0, 0.05) is 29.9 Å². The van der Waals surface area contributed by atoms with E-state index in [1.165, 1.54) is 18.4 Å². The molecule has 3 unspecified atom stereocenters. The molecule has 0 spiro atoms. The number of sulfonamides is 1. The van der Waals surface area contributed by atoms with Crippen LogP contribution >= 0.6 is 0 Å². The Balaban J connectivity index is 1.59. The fourth-order valence-corrected chi connectivity index (χ4v) is 8.22. The zero-order valence-corrected chi connectivity index (χ0v) is 24.0. The summed E-state index contributed by atoms with van der Waals surface area (Å²) in [4.78, 5) is 19.2. The number of aromatic amines is 2. The first-order chi connectivity index (χ1) is 18.9. The number of H-pyrrole nitrogens is 2. The third-order valence-corrected chi connectivity index (χ3v) is 10.5. The van der Waals surface area contributed by atoms with Crippen LogP contribution in [-0.2, 0) is 16.4 Å². The Bertz CT molecular complexity index is 1390. The molecular formula is C32H41N3O3S. The van der Waals surface area contributed by atoms with Crippen molar-refractivity contribution in [3.63, 3.8) is 0 Å². The van der Waals surface area contributed by atoms with Crippen LogP contribution in [0.15, 0.2) is 65.2 Å². The molecule has 7 heteroatoms. The number of benzene rings is 1. The number of hydrogen-bond acceptors (Lipinski definition) is 3. The Morgan fingerprint density at radius 3 is 2.49 bits per heavy atom. The maximum absolute atomic E-state index is 14.4. The van der Waals surface area contributed by atoms with E-state index in [0.29, 0.717) is 22.8 Å². The van der Waals surface area contributed by atoms with Gasteiger partial charge in [-0.05, 0) is 62.4 Å². The number of rotatable bonds is 9. The van der Waals surface area contributed by atoms with Gasteiger partial charge in [-0.2, -0.15) is 4.31 Å². The lowest BCUT2D eigenvalue weighted by atomic mass is 9.83. The van der Waals surface area contributed by atoms with Gasteiger partial charge >= 0.3 is 0 Å². The first kappa shape index (κ1) is 27.7. The SMILES string of the molecule is CCCCC1CCCCCCC2C=C1C(Cc1[nH]c(-c3ccc[nH]3)cc1C=O)N2S(=O)(=O)c1ccc(C)cc1. The summed E-state index contributed by atoms with van der Waals surface area (Å²) in [7, 11) is -3.76. The van der Waals surface area contributed by atoms with Gasteiger partial charge in [0.1, 0.15) is 0 Å². The summed E-state index contributed by atoms with van der Waals surface area (Å²) in [5.74, 6) is 0.353. The van der Waals surface area contributed by atoms with E-state index >= 15 is 0 Å². The van der Waals surface area contributed by atoms with Crippen LogP contribution < -0.4 is 0 Å². The number of hydrogen-bond donors (Lipinski definition) is 2. The van der Waals surface area contributed by atoms with Gasteiger partial charge in [0.15, 0.2) is 6.29 Å². The quantitative estimate of drug-likeness (QED) is 0.219. The topological polar surface area (TPSA) is 86.0 Å². The van der Waals surface area contributed by atoms with E-state index in [1.54, 1.807) is 16.4 Å². The largest absolute Gasteiger partial charge is 0.360 e. The maximum Gasteiger partial charge on any atom is 0.244 e. The molecule has 2 N–H and O–H groups in total. The third kappa shape index (κ3) is 5.85. The van der Waals surface area contributed by atoms with Crippen molar-refractivity contribution in [2.75, 3.05) is 0 Å². The zero-order valence-electron chi connectivity index (χ0n) is 23.2. The van der Waals surface area contributed by atoms with Gasteiger partial charge in [-0.15, -0.1) is 0 Å². The van der Waals surface area contributed by atoms with Crippen molar-refractivity contribution < 1.29 is 13.2 Å². The van der Waals surface area contributed by atoms with E-state index in [-0.39, 0.29) is 12.1 Å². The van der Waals surface area contributed by atoms with Gasteiger partial charge in [0.05, 0.1) is 22.3 Å². The van der Waals surface area contributed by atoms with Crippen LogP contribution in [0, 0.1) is 12.8 Å². The van der Waals surface area contributed by atoms with E-state index in [4.69, 9.17) is 0 Å². The summed E-state index contributed by atoms with van der Waals surface area (Å²) in [6.45, 7) is 4.19. The van der Waals surface area contributed by atoms with Crippen molar-refractivity contribution in [1.82, 2.24) is 14.3 Å². The van der Waals surface area contributed by atoms with Crippen LogP contribution in [0.25, 0.3) is 11.4 Å². The van der Waals surface area contributed by atoms with E-state index in [1.807, 2.05) is 43.5 Å². The first-order valence-electron chi connectivity index (χ1n) is 14.5. The van der Waals surface area contributed by atoms with E-state index in [2.05, 4.69) is 23.0 Å². The van der Waals surface area contributed by atoms with Crippen LogP contribution in [0.1, 0.15) is 86.3 Å². The average molecular weight is 548 g/mol. The predicted molar refractivity (Wildman–Crippen MR) is 156 cm³/mol. The smallest absolute Gasteiger partial charge is 0.244 e. The summed E-state index contributed by atoms with van der Waals surface area (Å²) in [5.41, 5.74) is 5.40. The number of aromatic nitrogens is 2. The molecule has 1 aromatic carbocycles. The minimum atomic E-state index is -3.76. The summed E-state index contributed by atoms with van der Waals surface area (Å²) in [6, 6.07) is 12.5. The van der Waals surface area contributed by atoms with Crippen molar-refractivity contribution in [3.05, 3.63) is 77.1 Å². The second-order valence-electron chi connectivity index (χ2n) is 11.3. The summed E-state index contributed by atoms with van der Waals surface area (Å²) >= 11 is 0. The Labute approximate surface area is 233 Å². The number of carbonyl (C=O) groups excluding carboxylic acids is 1. The van der Waals surface area contributed by atoms with Gasteiger partial charge in [0.2, 0.25) is 10.0 Å². The molecule has 208 valence electrons. The molecular weight excluding hydrogens is 506 g/mol. The Morgan fingerprint density at radius 2 is 1.79 bits per heavy atom. The minimum absolute atomic E-state index is 0.170. The molecule has 3 aromatic rings. The molecule has 0 saturated heterocycles. The lowest BCUT2D eigenvalue weighted by molar-refractivity contribution is 0.112. The lowest BCUT2D eigenvalue weighted by Crippen LogP contribution is -2.44. The van der Waals surface area contributed by atoms with Crippen LogP contribution in [0.2, 0.25) is 0 Å². The minimum Gasteiger partial charge on any atom is -0.360 e. The molecule has 0 saturated carbocycles. The fourth-order valence-electron chi connectivity index (χ4n) is 6.44. The molecule has 1 aliphatic carbocycles. The van der Waals surface area contributed by atoms with E-state index in [9.17, 15) is 13.2 Å². The molecule has 2 aliphatic rings. The van der Waals surface area contributed by atoms with Crippen molar-refractivity contribution in [2.24, 2.45) is 5.92 Å². The lowest BCUT2D eigenvalue weighted by Gasteiger charge is -2.33. The molecule has 2 aromatic heterocycles. The second-order valence-corrected chi connectivity index (χ2v) is 13.1. The van der Waals surface area contributed by atoms with Gasteiger partial charge < -0.3 is 9.97 Å². The molecule has 1 aliphatic heterocycles. The highest BCUT2D eigenvalue weighted by molar-refractivity contribution is 7.89. The van der Waals surface area contributed by atoms with Gasteiger partial charge in [-0.3, -0.25) is 4.79 Å². The third-order valence-electron chi connectivity index (χ3n) is 8.53. The molecule has 0 amide bonds. The number of nitrogens with zero attached hydrogens (tertiary/aromatic N) is 1. The molecule has 3 heterocycles. The summed E-state index contributed by atoms with van der Waals surface area (Å²) in [5, 5.41) is 0. The highest BCUT2D eigenvalue weighted by Crippen LogP contribution is 2.42. The molecule has 2 bridgehead atoms. The maximum atomic E-state index is 14.4. The second kappa shape index (κ2) is 12.1. The highest BCUT2D eigenvalue weighted by atomic mass is 32.2. The van der Waals surface area contributed by atoms with E-state index < -0.39 is 10.0 Å². The summed E-state index contributed by atoms with van der Waals surface area (Å²) in [6.07, 6.45) is 15.2. The number of fused-ring (bicyclic) bond motifs is 1. The first-order valence-corrected chi connectivity index (χ1v) is 16.0. The van der Waals surface area contributed by atoms with Crippen LogP contribution in [-0.4, -0.2) is 41.1 Å². The van der Waals surface area contributed by atoms with Crippen LogP contribution in [0.3, 0.4) is 0 Å². The Kier molecular flexibility index (Phi) is 8.57. The summed E-state index contributed by atoms with van der Waals surface area (Å²) < 4.78 is 30.5. The van der Waals surface area contributed by atoms with Gasteiger partial charge in [0.25, 0.3) is 0 Å². The van der Waals surface area contributed by atoms with E-state index in [0.717, 1.165) is 73.9 Å². The monoisotopic (exact) mass is 547 g/mol. The average Bonchev–Trinajstić information content (AvgIpc) is 3.67. The fraction of sp³-hybridized carbons (Fsp3) is 0.469. The molecule has 0 radical (unpaired) electrons. The van der Waals surface area contributed by atoms with Crippen molar-refractivity contribution in [2.45, 2.75) is 95.0 Å². The van der Waals surface area contributed by atoms with Crippen molar-refractivity contribution in [1.29, 1.82) is 0 Å². The zero-order chi connectivity index (χ0) is 27.4. The molecule has 3 atom stereocenters. The van der Waals surface area contributed by atoms with Crippen LogP contribution in [0.4, 0.5) is 0 Å². The van der Waals surface area contributed by atoms with Crippen LogP contribution in [0.5, 0.6) is 0 Å². The Hall–Kier alpha value is -2.90. The standard InChI is InChI=1S/C32H41N3O3S/c1-3-4-10-24-11-7-5-6-8-12-26-20-28(24)32(35(26)39(37,38)27-16-14-23(2)15-17-27)21-30-25(22-36)19-31(34-30)29-13-9-18-33-29/h9,13-20,22,24,26,32-34H,3-8,10-12,21H2,1-2H3. The molecule has 5 rings (SSSR count). The van der Waals surface area contributed by atoms with Crippen molar-refractivity contribution >= 4 is 16.3 Å². The molecule has 0 fully saturated rings. The highest BCUT2D eigenvalue weighted by Gasteiger charge is 2.45. The van der Waals surface area contributed by atoms with Gasteiger partial charge in [-0.25, -0.2) is 8.42 Å². The number of aryl methyl sites for hydroxylation is 1. The molecule has 6 nitrogen and oxygen atoms in total. The molecule has 39 heavy (non-hydrogen) atoms. The number of aldehydes is 1. The van der Waals surface area contributed by atoms with Gasteiger partial charge in [-0.1, -0.05) is 74.8 Å². The predicted octanol–water partition coefficient (Wildman–Crippen LogP) is 7.20. The number of carbonyl (C=O) groups is 1. The number of unbranched alkanes of at least 4 members (excludes halogenated alkanes) is 1. The normalized spacial score (nSPS) is 22.5. The number of nitrogens with one attached hydrogen (secondary N) is 2.